The molecule has 0 radical (unpaired) electrons. The molecule has 1 aromatic rings. The molecule has 2 N–H and O–H groups in total. The fourth-order valence-electron chi connectivity index (χ4n) is 1.32. The number of carbonyl (C=O) groups is 1. The molecule has 0 fully saturated rings. The van der Waals surface area contributed by atoms with Gasteiger partial charge in [0.2, 0.25) is 0 Å². The molecule has 0 aromatic heterocycles. The third-order valence-electron chi connectivity index (χ3n) is 2.63. The Balaban J connectivity index is 2.98. The van der Waals surface area contributed by atoms with Gasteiger partial charge in [0.05, 0.1) is 23.6 Å². The second-order valence-corrected chi connectivity index (χ2v) is 5.60. The van der Waals surface area contributed by atoms with E-state index in [4.69, 9.17) is 19.7 Å². The van der Waals surface area contributed by atoms with E-state index in [1.807, 2.05) is 0 Å². The van der Waals surface area contributed by atoms with E-state index < -0.39 is 11.4 Å². The highest BCUT2D eigenvalue weighted by molar-refractivity contribution is 9.10. The first-order chi connectivity index (χ1) is 8.81. The predicted molar refractivity (Wildman–Crippen MR) is 73.5 cm³/mol. The van der Waals surface area contributed by atoms with Gasteiger partial charge >= 0.3 is 5.97 Å². The molecule has 0 heterocycles. The molecule has 0 spiro atoms. The summed E-state index contributed by atoms with van der Waals surface area (Å²) in [7, 11) is 1.48. The standard InChI is InChI=1S/C13H17BrO5/c1-13(2,12(16)17)7-19-11-9(14)4-8(6-15)5-10(11)18-3/h4-5,15H,6-7H2,1-3H3,(H,16,17). The van der Waals surface area contributed by atoms with Crippen molar-refractivity contribution in [1.82, 2.24) is 0 Å². The van der Waals surface area contributed by atoms with Gasteiger partial charge in [0, 0.05) is 0 Å². The van der Waals surface area contributed by atoms with E-state index in [-0.39, 0.29) is 13.2 Å². The number of hydrogen-bond donors (Lipinski definition) is 2. The highest BCUT2D eigenvalue weighted by Gasteiger charge is 2.29. The van der Waals surface area contributed by atoms with Gasteiger partial charge in [-0.25, -0.2) is 0 Å². The molecule has 19 heavy (non-hydrogen) atoms. The van der Waals surface area contributed by atoms with Crippen molar-refractivity contribution in [2.24, 2.45) is 5.41 Å². The SMILES string of the molecule is COc1cc(CO)cc(Br)c1OCC(C)(C)C(=O)O. The molecule has 0 atom stereocenters. The smallest absolute Gasteiger partial charge is 0.312 e. The van der Waals surface area contributed by atoms with Gasteiger partial charge in [0.25, 0.3) is 0 Å². The van der Waals surface area contributed by atoms with Crippen molar-refractivity contribution in [2.45, 2.75) is 20.5 Å². The second-order valence-electron chi connectivity index (χ2n) is 4.74. The monoisotopic (exact) mass is 332 g/mol. The minimum atomic E-state index is -1.000. The Labute approximate surface area is 120 Å². The lowest BCUT2D eigenvalue weighted by Gasteiger charge is -2.21. The van der Waals surface area contributed by atoms with Gasteiger partial charge in [0.1, 0.15) is 6.61 Å². The first-order valence-corrected chi connectivity index (χ1v) is 6.44. The van der Waals surface area contributed by atoms with Crippen LogP contribution in [-0.2, 0) is 11.4 Å². The van der Waals surface area contributed by atoms with Gasteiger partial charge in [-0.2, -0.15) is 0 Å². The van der Waals surface area contributed by atoms with Crippen LogP contribution in [-0.4, -0.2) is 29.9 Å². The molecule has 0 unspecified atom stereocenters. The largest absolute Gasteiger partial charge is 0.493 e. The molecule has 5 nitrogen and oxygen atoms in total. The summed E-state index contributed by atoms with van der Waals surface area (Å²) in [4.78, 5) is 11.0. The van der Waals surface area contributed by atoms with Crippen LogP contribution in [0.5, 0.6) is 11.5 Å². The molecule has 1 aromatic carbocycles. The lowest BCUT2D eigenvalue weighted by atomic mass is 9.95. The number of carboxylic acid groups (broad SMARTS) is 1. The summed E-state index contributed by atoms with van der Waals surface area (Å²) in [6, 6.07) is 3.35. The van der Waals surface area contributed by atoms with Crippen LogP contribution in [0, 0.1) is 5.41 Å². The third-order valence-corrected chi connectivity index (χ3v) is 3.22. The van der Waals surface area contributed by atoms with E-state index in [9.17, 15) is 4.79 Å². The number of hydrogen-bond acceptors (Lipinski definition) is 4. The number of aliphatic hydroxyl groups excluding tert-OH is 1. The summed E-state index contributed by atoms with van der Waals surface area (Å²) >= 11 is 3.32. The van der Waals surface area contributed by atoms with E-state index >= 15 is 0 Å². The molecular weight excluding hydrogens is 316 g/mol. The average molecular weight is 333 g/mol. The number of carboxylic acids is 1. The van der Waals surface area contributed by atoms with Crippen molar-refractivity contribution in [1.29, 1.82) is 0 Å². The van der Waals surface area contributed by atoms with Crippen LogP contribution in [0.3, 0.4) is 0 Å². The third kappa shape index (κ3) is 3.84. The number of benzene rings is 1. The molecule has 1 rings (SSSR count). The fraction of sp³-hybridized carbons (Fsp3) is 0.462. The number of aliphatic hydroxyl groups is 1. The van der Waals surface area contributed by atoms with E-state index in [0.717, 1.165) is 0 Å². The first kappa shape index (κ1) is 15.8. The number of aliphatic carboxylic acids is 1. The van der Waals surface area contributed by atoms with Crippen molar-refractivity contribution in [3.05, 3.63) is 22.2 Å². The van der Waals surface area contributed by atoms with Crippen LogP contribution < -0.4 is 9.47 Å². The van der Waals surface area contributed by atoms with Gasteiger partial charge in [0.15, 0.2) is 11.5 Å². The van der Waals surface area contributed by atoms with E-state index in [1.165, 1.54) is 7.11 Å². The van der Waals surface area contributed by atoms with Gasteiger partial charge in [-0.15, -0.1) is 0 Å². The number of methoxy groups -OCH3 is 1. The zero-order valence-electron chi connectivity index (χ0n) is 11.1. The first-order valence-electron chi connectivity index (χ1n) is 5.65. The fourth-order valence-corrected chi connectivity index (χ4v) is 1.92. The summed E-state index contributed by atoms with van der Waals surface area (Å²) in [5.41, 5.74) is -0.325. The van der Waals surface area contributed by atoms with Crippen LogP contribution in [0.15, 0.2) is 16.6 Å². The lowest BCUT2D eigenvalue weighted by molar-refractivity contribution is -0.148. The summed E-state index contributed by atoms with van der Waals surface area (Å²) < 4.78 is 11.3. The highest BCUT2D eigenvalue weighted by Crippen LogP contribution is 2.37. The van der Waals surface area contributed by atoms with Crippen LogP contribution in [0.4, 0.5) is 0 Å². The van der Waals surface area contributed by atoms with Crippen molar-refractivity contribution in [3.63, 3.8) is 0 Å². The predicted octanol–water partition coefficient (Wildman–Crippen LogP) is 2.44. The zero-order chi connectivity index (χ0) is 14.6. The minimum absolute atomic E-state index is 0.00969. The summed E-state index contributed by atoms with van der Waals surface area (Å²) in [6.07, 6.45) is 0. The normalized spacial score (nSPS) is 11.2. The van der Waals surface area contributed by atoms with E-state index in [0.29, 0.717) is 21.5 Å². The van der Waals surface area contributed by atoms with Crippen LogP contribution >= 0.6 is 15.9 Å². The summed E-state index contributed by atoms with van der Waals surface area (Å²) in [5.74, 6) is -0.0665. The van der Waals surface area contributed by atoms with Crippen LogP contribution in [0.25, 0.3) is 0 Å². The molecule has 0 saturated heterocycles. The van der Waals surface area contributed by atoms with Crippen LogP contribution in [0.1, 0.15) is 19.4 Å². The average Bonchev–Trinajstić information content (AvgIpc) is 2.36. The molecule has 0 aliphatic carbocycles. The number of halogens is 1. The molecule has 0 aliphatic rings. The molecule has 106 valence electrons. The molecule has 6 heteroatoms. The van der Waals surface area contributed by atoms with E-state index in [2.05, 4.69) is 15.9 Å². The second kappa shape index (κ2) is 6.25. The number of rotatable bonds is 6. The van der Waals surface area contributed by atoms with Crippen molar-refractivity contribution >= 4 is 21.9 Å². The van der Waals surface area contributed by atoms with Gasteiger partial charge in [-0.05, 0) is 47.5 Å². The Hall–Kier alpha value is -1.27. The molecule has 0 amide bonds. The highest BCUT2D eigenvalue weighted by atomic mass is 79.9. The van der Waals surface area contributed by atoms with Gasteiger partial charge in [-0.1, -0.05) is 0 Å². The minimum Gasteiger partial charge on any atom is -0.493 e. The Kier molecular flexibility index (Phi) is 5.20. The molecular formula is C13H17BrO5. The molecule has 0 aliphatic heterocycles. The molecule has 0 bridgehead atoms. The number of ether oxygens (including phenoxy) is 2. The zero-order valence-corrected chi connectivity index (χ0v) is 12.7. The van der Waals surface area contributed by atoms with Crippen molar-refractivity contribution in [2.75, 3.05) is 13.7 Å². The van der Waals surface area contributed by atoms with Gasteiger partial charge in [-0.3, -0.25) is 4.79 Å². The van der Waals surface area contributed by atoms with E-state index in [1.54, 1.807) is 26.0 Å². The lowest BCUT2D eigenvalue weighted by Crippen LogP contribution is -2.30. The maximum absolute atomic E-state index is 11.0. The van der Waals surface area contributed by atoms with Gasteiger partial charge < -0.3 is 19.7 Å². The maximum Gasteiger partial charge on any atom is 0.312 e. The topological polar surface area (TPSA) is 76.0 Å². The van der Waals surface area contributed by atoms with Crippen molar-refractivity contribution in [3.8, 4) is 11.5 Å². The summed E-state index contributed by atoms with van der Waals surface area (Å²) in [6.45, 7) is 3.06. The molecule has 0 saturated carbocycles. The van der Waals surface area contributed by atoms with Crippen molar-refractivity contribution < 1.29 is 24.5 Å². The Morgan fingerprint density at radius 3 is 2.53 bits per heavy atom. The quantitative estimate of drug-likeness (QED) is 0.836. The maximum atomic E-state index is 11.0. The Morgan fingerprint density at radius 1 is 1.42 bits per heavy atom. The van der Waals surface area contributed by atoms with Crippen LogP contribution in [0.2, 0.25) is 0 Å². The Morgan fingerprint density at radius 2 is 2.05 bits per heavy atom. The summed E-state index contributed by atoms with van der Waals surface area (Å²) in [5, 5.41) is 18.2. The Bertz CT molecular complexity index is 470.